The Hall–Kier alpha value is -2.11. The fourth-order valence-corrected chi connectivity index (χ4v) is 2.04. The Morgan fingerprint density at radius 3 is 2.16 bits per heavy atom. The van der Waals surface area contributed by atoms with Crippen LogP contribution in [0.4, 0.5) is 23.0 Å². The number of nitrogens with zero attached hydrogens (tertiary/aromatic N) is 1. The van der Waals surface area contributed by atoms with Gasteiger partial charge in [0.15, 0.2) is 12.4 Å². The van der Waals surface area contributed by atoms with Gasteiger partial charge in [-0.1, -0.05) is 24.3 Å². The number of hydrogen-bond acceptors (Lipinski definition) is 0. The summed E-state index contributed by atoms with van der Waals surface area (Å²) in [7, 11) is -6.00. The molecule has 2 aromatic carbocycles. The average molecular weight is 267 g/mol. The molecule has 0 N–H and O–H groups in total. The second-order valence-electron chi connectivity index (χ2n) is 3.94. The van der Waals surface area contributed by atoms with Crippen molar-refractivity contribution in [3.8, 4) is 0 Å². The highest BCUT2D eigenvalue weighted by Gasteiger charge is 2.21. The molecule has 1 aliphatic heterocycles. The minimum Gasteiger partial charge on any atom is -0.418 e. The van der Waals surface area contributed by atoms with Gasteiger partial charge in [0.05, 0.1) is 10.9 Å². The van der Waals surface area contributed by atoms with Crippen molar-refractivity contribution in [3.63, 3.8) is 0 Å². The summed E-state index contributed by atoms with van der Waals surface area (Å²) >= 11 is 0. The summed E-state index contributed by atoms with van der Waals surface area (Å²) in [6.07, 6.45) is 3.96. The van der Waals surface area contributed by atoms with Crippen LogP contribution in [0.1, 0.15) is 5.56 Å². The van der Waals surface area contributed by atoms with Crippen LogP contribution in [0, 0.1) is 0 Å². The maximum Gasteiger partial charge on any atom is 0.673 e. The van der Waals surface area contributed by atoms with Crippen molar-refractivity contribution in [2.45, 2.75) is 0 Å². The van der Waals surface area contributed by atoms with Crippen LogP contribution >= 0.6 is 0 Å². The van der Waals surface area contributed by atoms with Gasteiger partial charge >= 0.3 is 7.25 Å². The van der Waals surface area contributed by atoms with Gasteiger partial charge in [-0.25, -0.2) is 0 Å². The van der Waals surface area contributed by atoms with E-state index in [-0.39, 0.29) is 0 Å². The molecule has 0 aliphatic carbocycles. The number of rotatable bonds is 1. The summed E-state index contributed by atoms with van der Waals surface area (Å²) in [5, 5.41) is 2.62. The first-order chi connectivity index (χ1) is 8.90. The number of benzene rings is 2. The van der Waals surface area contributed by atoms with Gasteiger partial charge < -0.3 is 17.3 Å². The SMILES string of the molecule is C=C[N+]1=Cc2cccc3cccc1c23.F[B-](F)(F)F. The first-order valence-electron chi connectivity index (χ1n) is 5.55. The molecule has 0 amide bonds. The van der Waals surface area contributed by atoms with E-state index in [1.807, 2.05) is 6.20 Å². The Bertz CT molecular complexity index is 650. The predicted molar refractivity (Wildman–Crippen MR) is 69.4 cm³/mol. The maximum atomic E-state index is 9.75. The van der Waals surface area contributed by atoms with Crippen molar-refractivity contribution >= 4 is 29.9 Å². The molecular formula is C13H10BF4N. The van der Waals surface area contributed by atoms with Crippen molar-refractivity contribution in [2.75, 3.05) is 0 Å². The van der Waals surface area contributed by atoms with Crippen molar-refractivity contribution < 1.29 is 21.8 Å². The van der Waals surface area contributed by atoms with Crippen LogP contribution in [0.25, 0.3) is 10.8 Å². The molecule has 1 aliphatic rings. The molecule has 0 aromatic heterocycles. The largest absolute Gasteiger partial charge is 0.673 e. The zero-order valence-corrected chi connectivity index (χ0v) is 9.86. The zero-order valence-electron chi connectivity index (χ0n) is 9.86. The van der Waals surface area contributed by atoms with Crippen molar-refractivity contribution in [2.24, 2.45) is 0 Å². The van der Waals surface area contributed by atoms with Gasteiger partial charge in [-0.3, -0.25) is 0 Å². The molecule has 0 unspecified atom stereocenters. The lowest BCUT2D eigenvalue weighted by Crippen LogP contribution is -2.02. The van der Waals surface area contributed by atoms with Crippen molar-refractivity contribution in [1.82, 2.24) is 0 Å². The summed E-state index contributed by atoms with van der Waals surface area (Å²) < 4.78 is 41.1. The minimum absolute atomic E-state index is 1.23. The topological polar surface area (TPSA) is 3.01 Å². The van der Waals surface area contributed by atoms with E-state index in [0.29, 0.717) is 0 Å². The molecule has 19 heavy (non-hydrogen) atoms. The summed E-state index contributed by atoms with van der Waals surface area (Å²) in [5.41, 5.74) is 2.51. The van der Waals surface area contributed by atoms with Crippen LogP contribution in [0.2, 0.25) is 0 Å². The highest BCUT2D eigenvalue weighted by molar-refractivity contribution is 6.50. The van der Waals surface area contributed by atoms with Crippen LogP contribution in [-0.4, -0.2) is 18.0 Å². The monoisotopic (exact) mass is 267 g/mol. The van der Waals surface area contributed by atoms with Crippen LogP contribution in [0.5, 0.6) is 0 Å². The maximum absolute atomic E-state index is 9.75. The van der Waals surface area contributed by atoms with Gasteiger partial charge in [0.2, 0.25) is 5.69 Å². The molecule has 1 heterocycles. The molecule has 0 atom stereocenters. The summed E-state index contributed by atoms with van der Waals surface area (Å²) in [6.45, 7) is 3.81. The number of halogens is 4. The van der Waals surface area contributed by atoms with E-state index in [0.717, 1.165) is 0 Å². The minimum atomic E-state index is -6.00. The van der Waals surface area contributed by atoms with Crippen molar-refractivity contribution in [1.29, 1.82) is 0 Å². The zero-order chi connectivity index (χ0) is 14.0. The van der Waals surface area contributed by atoms with Gasteiger partial charge in [-0.2, -0.15) is 4.58 Å². The Morgan fingerprint density at radius 2 is 1.58 bits per heavy atom. The first kappa shape index (κ1) is 13.3. The Balaban J connectivity index is 0.000000232. The van der Waals surface area contributed by atoms with Crippen LogP contribution in [0.15, 0.2) is 49.2 Å². The van der Waals surface area contributed by atoms with Crippen LogP contribution in [-0.2, 0) is 0 Å². The molecule has 3 rings (SSSR count). The van der Waals surface area contributed by atoms with Gasteiger partial charge in [0.1, 0.15) is 0 Å². The molecule has 1 nitrogen and oxygen atoms in total. The third kappa shape index (κ3) is 3.02. The average Bonchev–Trinajstić information content (AvgIpc) is 2.68. The summed E-state index contributed by atoms with van der Waals surface area (Å²) in [4.78, 5) is 0. The van der Waals surface area contributed by atoms with Crippen LogP contribution in [0.3, 0.4) is 0 Å². The second kappa shape index (κ2) is 4.88. The molecule has 0 saturated carbocycles. The van der Waals surface area contributed by atoms with Crippen molar-refractivity contribution in [3.05, 3.63) is 54.7 Å². The molecular weight excluding hydrogens is 257 g/mol. The normalized spacial score (nSPS) is 12.7. The molecule has 2 aromatic rings. The molecule has 0 spiro atoms. The van der Waals surface area contributed by atoms with Gasteiger partial charge in [0, 0.05) is 6.07 Å². The lowest BCUT2D eigenvalue weighted by Gasteiger charge is -1.96. The van der Waals surface area contributed by atoms with Gasteiger partial charge in [0.25, 0.3) is 0 Å². The van der Waals surface area contributed by atoms with E-state index >= 15 is 0 Å². The fourth-order valence-electron chi connectivity index (χ4n) is 2.04. The van der Waals surface area contributed by atoms with E-state index in [9.17, 15) is 17.3 Å². The predicted octanol–water partition coefficient (Wildman–Crippen LogP) is 4.36. The Morgan fingerprint density at radius 1 is 1.00 bits per heavy atom. The molecule has 0 bridgehead atoms. The van der Waals surface area contributed by atoms with E-state index in [2.05, 4.69) is 53.8 Å². The highest BCUT2D eigenvalue weighted by atomic mass is 19.5. The molecule has 0 saturated heterocycles. The van der Waals surface area contributed by atoms with Crippen LogP contribution < -0.4 is 0 Å². The quantitative estimate of drug-likeness (QED) is 0.410. The van der Waals surface area contributed by atoms with E-state index in [4.69, 9.17) is 0 Å². The standard InChI is InChI=1S/C13H10N.BF4/c1-2-14-9-11-7-3-5-10-6-4-8-12(14)13(10)11;2-1(3,4)5/h2-9H,1H2;/q+1;-1. The second-order valence-corrected chi connectivity index (χ2v) is 3.94. The molecule has 98 valence electrons. The molecule has 0 fully saturated rings. The smallest absolute Gasteiger partial charge is 0.418 e. The van der Waals surface area contributed by atoms with E-state index in [1.165, 1.54) is 22.0 Å². The lowest BCUT2D eigenvalue weighted by atomic mass is 10.1. The van der Waals surface area contributed by atoms with Gasteiger partial charge in [-0.05, 0) is 18.0 Å². The summed E-state index contributed by atoms with van der Waals surface area (Å²) in [6, 6.07) is 12.7. The van der Waals surface area contributed by atoms with Gasteiger partial charge in [-0.15, -0.1) is 0 Å². The lowest BCUT2D eigenvalue weighted by molar-refractivity contribution is -0.348. The fraction of sp³-hybridized carbons (Fsp3) is 0. The Labute approximate surface area is 107 Å². The first-order valence-corrected chi connectivity index (χ1v) is 5.55. The Kier molecular flexibility index (Phi) is 3.42. The summed E-state index contributed by atoms with van der Waals surface area (Å²) in [5.74, 6) is 0. The highest BCUT2D eigenvalue weighted by Crippen LogP contribution is 2.32. The van der Waals surface area contributed by atoms with E-state index in [1.54, 1.807) is 0 Å². The third-order valence-electron chi connectivity index (χ3n) is 2.67. The van der Waals surface area contributed by atoms with E-state index < -0.39 is 7.25 Å². The molecule has 0 radical (unpaired) electrons. The molecule has 6 heteroatoms. The number of hydrogen-bond donors (Lipinski definition) is 0. The third-order valence-corrected chi connectivity index (χ3v) is 2.67.